The molecule has 2 heterocycles. The lowest BCUT2D eigenvalue weighted by atomic mass is 9.75. The Morgan fingerprint density at radius 1 is 1.25 bits per heavy atom. The van der Waals surface area contributed by atoms with Gasteiger partial charge in [0.15, 0.2) is 5.13 Å². The average Bonchev–Trinajstić information content (AvgIpc) is 2.86. The van der Waals surface area contributed by atoms with E-state index in [2.05, 4.69) is 24.1 Å². The van der Waals surface area contributed by atoms with Crippen LogP contribution in [-0.2, 0) is 6.54 Å². The van der Waals surface area contributed by atoms with Gasteiger partial charge in [-0.05, 0) is 38.1 Å². The third-order valence-corrected chi connectivity index (χ3v) is 6.20. The minimum atomic E-state index is 0.930. The summed E-state index contributed by atoms with van der Waals surface area (Å²) in [5.41, 5.74) is 1.22. The Morgan fingerprint density at radius 3 is 2.85 bits per heavy atom. The fraction of sp³-hybridized carbons (Fsp3) is 0.812. The molecule has 4 heteroatoms. The molecular formula is C16H27N3S. The normalized spacial score (nSPS) is 26.6. The molecule has 2 atom stereocenters. The molecule has 2 unspecified atom stereocenters. The summed E-state index contributed by atoms with van der Waals surface area (Å²) in [5, 5.41) is 4.68. The standard InChI is InChI=1S/C16H27N3S/c1-3-17-10-15-12(2)18-16(20-15)19-9-8-13-6-4-5-7-14(13)11-19/h13-14,17H,3-11H2,1-2H3. The lowest BCUT2D eigenvalue weighted by molar-refractivity contribution is 0.202. The number of piperidine rings is 1. The van der Waals surface area contributed by atoms with Crippen molar-refractivity contribution in [3.8, 4) is 0 Å². The van der Waals surface area contributed by atoms with Gasteiger partial charge < -0.3 is 10.2 Å². The van der Waals surface area contributed by atoms with Crippen LogP contribution in [0, 0.1) is 18.8 Å². The van der Waals surface area contributed by atoms with E-state index in [1.807, 2.05) is 11.3 Å². The van der Waals surface area contributed by atoms with Gasteiger partial charge in [-0.1, -0.05) is 26.2 Å². The lowest BCUT2D eigenvalue weighted by Crippen LogP contribution is -2.41. The monoisotopic (exact) mass is 293 g/mol. The first kappa shape index (κ1) is 14.3. The first-order valence-electron chi connectivity index (χ1n) is 8.20. The van der Waals surface area contributed by atoms with Gasteiger partial charge in [0.1, 0.15) is 0 Å². The van der Waals surface area contributed by atoms with Crippen LogP contribution in [0.2, 0.25) is 0 Å². The van der Waals surface area contributed by atoms with Gasteiger partial charge in [-0.15, -0.1) is 11.3 Å². The molecule has 2 fully saturated rings. The zero-order valence-electron chi connectivity index (χ0n) is 12.8. The van der Waals surface area contributed by atoms with E-state index in [1.54, 1.807) is 0 Å². The van der Waals surface area contributed by atoms with Gasteiger partial charge in [-0.2, -0.15) is 0 Å². The van der Waals surface area contributed by atoms with E-state index in [0.717, 1.165) is 24.9 Å². The predicted octanol–water partition coefficient (Wildman–Crippen LogP) is 3.58. The average molecular weight is 293 g/mol. The van der Waals surface area contributed by atoms with E-state index < -0.39 is 0 Å². The quantitative estimate of drug-likeness (QED) is 0.919. The van der Waals surface area contributed by atoms with E-state index in [1.165, 1.54) is 60.9 Å². The molecule has 112 valence electrons. The molecule has 1 aliphatic carbocycles. The Labute approximate surface area is 126 Å². The van der Waals surface area contributed by atoms with Crippen molar-refractivity contribution < 1.29 is 0 Å². The zero-order chi connectivity index (χ0) is 13.9. The molecule has 3 rings (SSSR count). The maximum absolute atomic E-state index is 4.83. The second-order valence-electron chi connectivity index (χ2n) is 6.32. The molecule has 1 aromatic rings. The molecule has 20 heavy (non-hydrogen) atoms. The summed E-state index contributed by atoms with van der Waals surface area (Å²) in [6.45, 7) is 8.78. The van der Waals surface area contributed by atoms with Gasteiger partial charge in [-0.25, -0.2) is 4.98 Å². The molecule has 2 aliphatic rings. The Balaban J connectivity index is 1.67. The van der Waals surface area contributed by atoms with Crippen LogP contribution in [0.15, 0.2) is 0 Å². The van der Waals surface area contributed by atoms with E-state index >= 15 is 0 Å². The van der Waals surface area contributed by atoms with Crippen LogP contribution < -0.4 is 10.2 Å². The van der Waals surface area contributed by atoms with Gasteiger partial charge in [0.05, 0.1) is 5.69 Å². The fourth-order valence-corrected chi connectivity index (χ4v) is 4.79. The van der Waals surface area contributed by atoms with Crippen molar-refractivity contribution in [1.82, 2.24) is 10.3 Å². The van der Waals surface area contributed by atoms with Crippen molar-refractivity contribution in [1.29, 1.82) is 0 Å². The van der Waals surface area contributed by atoms with Crippen LogP contribution in [0.1, 0.15) is 49.6 Å². The zero-order valence-corrected chi connectivity index (χ0v) is 13.6. The third-order valence-electron chi connectivity index (χ3n) is 4.98. The summed E-state index contributed by atoms with van der Waals surface area (Å²) < 4.78 is 0. The largest absolute Gasteiger partial charge is 0.348 e. The van der Waals surface area contributed by atoms with Gasteiger partial charge in [0, 0.05) is 24.5 Å². The summed E-state index contributed by atoms with van der Waals surface area (Å²) in [7, 11) is 0. The van der Waals surface area contributed by atoms with Crippen molar-refractivity contribution in [3.63, 3.8) is 0 Å². The number of fused-ring (bicyclic) bond motifs is 1. The highest BCUT2D eigenvalue weighted by molar-refractivity contribution is 7.15. The molecule has 0 aromatic carbocycles. The molecule has 1 N–H and O–H groups in total. The van der Waals surface area contributed by atoms with Crippen molar-refractivity contribution in [2.75, 3.05) is 24.5 Å². The third kappa shape index (κ3) is 3.01. The summed E-state index contributed by atoms with van der Waals surface area (Å²) in [4.78, 5) is 8.79. The number of thiazole rings is 1. The highest BCUT2D eigenvalue weighted by Gasteiger charge is 2.32. The SMILES string of the molecule is CCNCc1sc(N2CCC3CCCCC3C2)nc1C. The topological polar surface area (TPSA) is 28.2 Å². The molecule has 3 nitrogen and oxygen atoms in total. The summed E-state index contributed by atoms with van der Waals surface area (Å²) >= 11 is 1.90. The Morgan fingerprint density at radius 2 is 2.05 bits per heavy atom. The smallest absolute Gasteiger partial charge is 0.185 e. The first-order chi connectivity index (χ1) is 9.78. The maximum Gasteiger partial charge on any atom is 0.185 e. The van der Waals surface area contributed by atoms with Gasteiger partial charge in [0.2, 0.25) is 0 Å². The van der Waals surface area contributed by atoms with Crippen LogP contribution in [0.5, 0.6) is 0 Å². The highest BCUT2D eigenvalue weighted by atomic mass is 32.1. The Kier molecular flexibility index (Phi) is 4.61. The Bertz CT molecular complexity index is 443. The van der Waals surface area contributed by atoms with Crippen molar-refractivity contribution in [2.24, 2.45) is 11.8 Å². The molecule has 0 bridgehead atoms. The first-order valence-corrected chi connectivity index (χ1v) is 9.01. The van der Waals surface area contributed by atoms with Crippen molar-refractivity contribution in [2.45, 2.75) is 52.5 Å². The summed E-state index contributed by atoms with van der Waals surface area (Å²) in [6, 6.07) is 0. The van der Waals surface area contributed by atoms with Crippen LogP contribution in [0.3, 0.4) is 0 Å². The molecule has 0 radical (unpaired) electrons. The van der Waals surface area contributed by atoms with Crippen LogP contribution in [0.25, 0.3) is 0 Å². The summed E-state index contributed by atoms with van der Waals surface area (Å²) in [6.07, 6.45) is 7.20. The predicted molar refractivity (Wildman–Crippen MR) is 86.5 cm³/mol. The second kappa shape index (κ2) is 6.44. The number of anilines is 1. The molecule has 1 saturated heterocycles. The molecule has 1 aromatic heterocycles. The number of hydrogen-bond donors (Lipinski definition) is 1. The Hall–Kier alpha value is -0.610. The number of hydrogen-bond acceptors (Lipinski definition) is 4. The number of aromatic nitrogens is 1. The number of nitrogens with zero attached hydrogens (tertiary/aromatic N) is 2. The minimum absolute atomic E-state index is 0.930. The van der Waals surface area contributed by atoms with Crippen molar-refractivity contribution in [3.05, 3.63) is 10.6 Å². The lowest BCUT2D eigenvalue weighted by Gasteiger charge is -2.41. The minimum Gasteiger partial charge on any atom is -0.348 e. The van der Waals surface area contributed by atoms with Crippen molar-refractivity contribution >= 4 is 16.5 Å². The molecule has 1 saturated carbocycles. The number of rotatable bonds is 4. The fourth-order valence-electron chi connectivity index (χ4n) is 3.73. The van der Waals surface area contributed by atoms with E-state index in [9.17, 15) is 0 Å². The molecular weight excluding hydrogens is 266 g/mol. The number of nitrogens with one attached hydrogen (secondary N) is 1. The van der Waals surface area contributed by atoms with Gasteiger partial charge in [-0.3, -0.25) is 0 Å². The maximum atomic E-state index is 4.83. The second-order valence-corrected chi connectivity index (χ2v) is 7.39. The van der Waals surface area contributed by atoms with Crippen LogP contribution in [0.4, 0.5) is 5.13 Å². The van der Waals surface area contributed by atoms with E-state index in [4.69, 9.17) is 4.98 Å². The van der Waals surface area contributed by atoms with Crippen LogP contribution in [-0.4, -0.2) is 24.6 Å². The van der Waals surface area contributed by atoms with Gasteiger partial charge >= 0.3 is 0 Å². The van der Waals surface area contributed by atoms with E-state index in [-0.39, 0.29) is 0 Å². The highest BCUT2D eigenvalue weighted by Crippen LogP contribution is 2.38. The molecule has 0 amide bonds. The molecule has 1 aliphatic heterocycles. The molecule has 0 spiro atoms. The van der Waals surface area contributed by atoms with Gasteiger partial charge in [0.25, 0.3) is 0 Å². The van der Waals surface area contributed by atoms with Crippen LogP contribution >= 0.6 is 11.3 Å². The van der Waals surface area contributed by atoms with E-state index in [0.29, 0.717) is 0 Å². The number of aryl methyl sites for hydroxylation is 1. The summed E-state index contributed by atoms with van der Waals surface area (Å²) in [5.74, 6) is 1.93.